The molecular formula is C22H28FNO2. The molecule has 1 saturated heterocycles. The van der Waals surface area contributed by atoms with Crippen LogP contribution in [0.15, 0.2) is 12.1 Å². The number of hydrogen-bond acceptors (Lipinski definition) is 3. The molecule has 0 amide bonds. The van der Waals surface area contributed by atoms with Crippen LogP contribution >= 0.6 is 0 Å². The Morgan fingerprint density at radius 2 is 2.19 bits per heavy atom. The third kappa shape index (κ3) is 1.82. The molecule has 7 atom stereocenters. The second-order valence-electron chi connectivity index (χ2n) is 9.40. The van der Waals surface area contributed by atoms with E-state index in [0.29, 0.717) is 18.4 Å². The van der Waals surface area contributed by atoms with Crippen LogP contribution in [0.4, 0.5) is 4.39 Å². The molecule has 140 valence electrons. The first kappa shape index (κ1) is 15.7. The zero-order chi connectivity index (χ0) is 17.6. The molecule has 5 aliphatic rings. The van der Waals surface area contributed by atoms with Gasteiger partial charge < -0.3 is 9.47 Å². The number of alkyl halides is 1. The molecule has 1 aromatic carbocycles. The van der Waals surface area contributed by atoms with Crippen LogP contribution in [-0.2, 0) is 11.8 Å². The second kappa shape index (κ2) is 5.15. The van der Waals surface area contributed by atoms with Gasteiger partial charge in [-0.25, -0.2) is 4.39 Å². The highest BCUT2D eigenvalue weighted by Crippen LogP contribution is 2.64. The molecule has 3 fully saturated rings. The van der Waals surface area contributed by atoms with Gasteiger partial charge in [0, 0.05) is 23.6 Å². The van der Waals surface area contributed by atoms with E-state index < -0.39 is 6.17 Å². The Balaban J connectivity index is 1.48. The zero-order valence-electron chi connectivity index (χ0n) is 15.7. The van der Waals surface area contributed by atoms with Gasteiger partial charge in [-0.1, -0.05) is 13.0 Å². The summed E-state index contributed by atoms with van der Waals surface area (Å²) < 4.78 is 27.0. The van der Waals surface area contributed by atoms with Crippen molar-refractivity contribution in [1.29, 1.82) is 0 Å². The Morgan fingerprint density at radius 1 is 1.35 bits per heavy atom. The van der Waals surface area contributed by atoms with Crippen molar-refractivity contribution in [2.24, 2.45) is 17.8 Å². The van der Waals surface area contributed by atoms with E-state index in [4.69, 9.17) is 9.47 Å². The van der Waals surface area contributed by atoms with Crippen molar-refractivity contribution < 1.29 is 13.9 Å². The molecule has 1 aromatic rings. The average molecular weight is 357 g/mol. The number of hydrogen-bond donors (Lipinski definition) is 0. The Kier molecular flexibility index (Phi) is 3.12. The van der Waals surface area contributed by atoms with E-state index in [2.05, 4.69) is 17.9 Å². The number of rotatable bonds is 3. The Bertz CT molecular complexity index is 767. The fourth-order valence-corrected chi connectivity index (χ4v) is 6.89. The summed E-state index contributed by atoms with van der Waals surface area (Å²) in [5, 5.41) is 0. The van der Waals surface area contributed by atoms with Crippen LogP contribution in [0.2, 0.25) is 0 Å². The number of nitrogens with zero attached hydrogens (tertiary/aromatic N) is 1. The van der Waals surface area contributed by atoms with Crippen LogP contribution in [-0.4, -0.2) is 43.4 Å². The summed E-state index contributed by atoms with van der Waals surface area (Å²) in [7, 11) is 1.69. The van der Waals surface area contributed by atoms with Gasteiger partial charge in [-0.05, 0) is 68.0 Å². The molecule has 2 aliphatic heterocycles. The maximum absolute atomic E-state index is 15.0. The summed E-state index contributed by atoms with van der Waals surface area (Å²) in [6.45, 7) is 4.70. The normalized spacial score (nSPS) is 45.0. The largest absolute Gasteiger partial charge is 0.493 e. The zero-order valence-corrected chi connectivity index (χ0v) is 15.7. The van der Waals surface area contributed by atoms with Crippen molar-refractivity contribution >= 4 is 0 Å². The van der Waals surface area contributed by atoms with E-state index in [1.165, 1.54) is 24.1 Å². The van der Waals surface area contributed by atoms with Gasteiger partial charge in [0.2, 0.25) is 0 Å². The van der Waals surface area contributed by atoms with Crippen molar-refractivity contribution in [1.82, 2.24) is 4.90 Å². The lowest BCUT2D eigenvalue weighted by Crippen LogP contribution is -2.66. The fraction of sp³-hybridized carbons (Fsp3) is 0.727. The van der Waals surface area contributed by atoms with Crippen LogP contribution in [0.25, 0.3) is 0 Å². The molecular weight excluding hydrogens is 329 g/mol. The highest BCUT2D eigenvalue weighted by Gasteiger charge is 2.66. The van der Waals surface area contributed by atoms with E-state index >= 15 is 4.39 Å². The van der Waals surface area contributed by atoms with Gasteiger partial charge in [-0.2, -0.15) is 0 Å². The number of piperidine rings is 1. The van der Waals surface area contributed by atoms with Gasteiger partial charge in [-0.15, -0.1) is 0 Å². The average Bonchev–Trinajstić information content (AvgIpc) is 3.21. The molecule has 2 saturated carbocycles. The molecule has 0 N–H and O–H groups in total. The lowest BCUT2D eigenvalue weighted by molar-refractivity contribution is -0.0835. The van der Waals surface area contributed by atoms with Gasteiger partial charge in [0.15, 0.2) is 11.5 Å². The van der Waals surface area contributed by atoms with E-state index in [1.54, 1.807) is 7.11 Å². The maximum Gasteiger partial charge on any atom is 0.165 e. The maximum atomic E-state index is 15.0. The first-order valence-electron chi connectivity index (χ1n) is 10.4. The first-order valence-corrected chi connectivity index (χ1v) is 10.4. The van der Waals surface area contributed by atoms with Crippen molar-refractivity contribution in [3.05, 3.63) is 23.3 Å². The van der Waals surface area contributed by atoms with Gasteiger partial charge >= 0.3 is 0 Å². The molecule has 4 heteroatoms. The molecule has 0 aromatic heterocycles. The van der Waals surface area contributed by atoms with E-state index in [-0.39, 0.29) is 11.5 Å². The quantitative estimate of drug-likeness (QED) is 0.823. The van der Waals surface area contributed by atoms with Crippen LogP contribution < -0.4 is 9.47 Å². The van der Waals surface area contributed by atoms with E-state index in [9.17, 15) is 0 Å². The standard InChI is InChI=1S/C22H28FNO2/c1-12-9-14(12)11-24-8-7-22-15-4-5-16(23)21(22)26-20-18(25-2)6-3-13(19(20)22)10-17(15)24/h3,6,12,14-17,21H,4-5,7-11H2,1-2H3/t12?,14?,15?,16?,17-,21+,22+/m0/s1. The smallest absolute Gasteiger partial charge is 0.165 e. The highest BCUT2D eigenvalue weighted by molar-refractivity contribution is 5.61. The van der Waals surface area contributed by atoms with Crippen LogP contribution in [0.5, 0.6) is 11.5 Å². The van der Waals surface area contributed by atoms with Crippen LogP contribution in [0.3, 0.4) is 0 Å². The molecule has 2 bridgehead atoms. The van der Waals surface area contributed by atoms with Crippen molar-refractivity contribution in [2.45, 2.75) is 62.8 Å². The van der Waals surface area contributed by atoms with E-state index in [0.717, 1.165) is 49.1 Å². The summed E-state index contributed by atoms with van der Waals surface area (Å²) in [5.74, 6) is 3.94. The van der Waals surface area contributed by atoms with Gasteiger partial charge in [0.1, 0.15) is 12.3 Å². The topological polar surface area (TPSA) is 21.7 Å². The fourth-order valence-electron chi connectivity index (χ4n) is 6.89. The summed E-state index contributed by atoms with van der Waals surface area (Å²) in [4.78, 5) is 2.75. The Labute approximate surface area is 154 Å². The van der Waals surface area contributed by atoms with Crippen LogP contribution in [0.1, 0.15) is 43.7 Å². The first-order chi connectivity index (χ1) is 12.6. The minimum Gasteiger partial charge on any atom is -0.493 e. The van der Waals surface area contributed by atoms with Gasteiger partial charge in [0.25, 0.3) is 0 Å². The number of benzene rings is 1. The summed E-state index contributed by atoms with van der Waals surface area (Å²) >= 11 is 0. The molecule has 1 spiro atoms. The SMILES string of the molecule is COc1ccc2c3c1O[C@@H]1C(F)CCC4[C@H](C2)N(CC2CC2C)CC[C@]341. The van der Waals surface area contributed by atoms with Crippen molar-refractivity contribution in [3.8, 4) is 11.5 Å². The molecule has 6 rings (SSSR count). The summed E-state index contributed by atoms with van der Waals surface area (Å²) in [6.07, 6.45) is 3.99. The number of likely N-dealkylation sites (tertiary alicyclic amines) is 1. The molecule has 3 aliphatic carbocycles. The van der Waals surface area contributed by atoms with E-state index in [1.807, 2.05) is 6.07 Å². The van der Waals surface area contributed by atoms with Crippen LogP contribution in [0, 0.1) is 17.8 Å². The number of halogens is 1. The molecule has 3 nitrogen and oxygen atoms in total. The molecule has 26 heavy (non-hydrogen) atoms. The lowest BCUT2D eigenvalue weighted by atomic mass is 9.51. The Hall–Kier alpha value is -1.29. The van der Waals surface area contributed by atoms with Gasteiger partial charge in [0.05, 0.1) is 7.11 Å². The molecule has 0 radical (unpaired) electrons. The minimum atomic E-state index is -0.857. The molecule has 2 heterocycles. The van der Waals surface area contributed by atoms with Crippen molar-refractivity contribution in [2.75, 3.05) is 20.2 Å². The van der Waals surface area contributed by atoms with Crippen molar-refractivity contribution in [3.63, 3.8) is 0 Å². The van der Waals surface area contributed by atoms with Gasteiger partial charge in [-0.3, -0.25) is 4.90 Å². The summed E-state index contributed by atoms with van der Waals surface area (Å²) in [6, 6.07) is 4.81. The predicted molar refractivity (Wildman–Crippen MR) is 97.7 cm³/mol. The third-order valence-electron chi connectivity index (χ3n) is 8.31. The highest BCUT2D eigenvalue weighted by atomic mass is 19.1. The Morgan fingerprint density at radius 3 is 2.96 bits per heavy atom. The lowest BCUT2D eigenvalue weighted by Gasteiger charge is -2.58. The minimum absolute atomic E-state index is 0.120. The number of ether oxygens (including phenoxy) is 2. The second-order valence-corrected chi connectivity index (χ2v) is 9.40. The monoisotopic (exact) mass is 357 g/mol. The summed E-state index contributed by atoms with van der Waals surface area (Å²) in [5.41, 5.74) is 2.57. The molecule has 4 unspecified atom stereocenters. The predicted octanol–water partition coefficient (Wildman–Crippen LogP) is 3.73. The number of methoxy groups -OCH3 is 1. The third-order valence-corrected chi connectivity index (χ3v) is 8.31.